The van der Waals surface area contributed by atoms with Crippen LogP contribution in [0.5, 0.6) is 11.5 Å². The molecule has 11 heteroatoms. The number of unbranched alkanes of at least 4 members (excludes halogenated alkanes) is 1. The van der Waals surface area contributed by atoms with E-state index in [2.05, 4.69) is 50.5 Å². The van der Waals surface area contributed by atoms with Crippen LogP contribution in [-0.4, -0.2) is 27.9 Å². The van der Waals surface area contributed by atoms with Crippen LogP contribution in [0.25, 0.3) is 10.9 Å². The molecule has 3 aromatic carbocycles. The highest BCUT2D eigenvalue weighted by Gasteiger charge is 2.14. The largest absolute Gasteiger partial charge is 0.493 e. The second-order valence-electron chi connectivity index (χ2n) is 8.40. The van der Waals surface area contributed by atoms with Crippen molar-refractivity contribution in [3.8, 4) is 11.5 Å². The molecule has 0 amide bonds. The van der Waals surface area contributed by atoms with Gasteiger partial charge in [-0.2, -0.15) is 9.78 Å². The Bertz CT molecular complexity index is 1590. The Morgan fingerprint density at radius 2 is 2.03 bits per heavy atom. The summed E-state index contributed by atoms with van der Waals surface area (Å²) in [5.74, 6) is 1.58. The minimum Gasteiger partial charge on any atom is -0.493 e. The number of nitro groups is 1. The fourth-order valence-electron chi connectivity index (χ4n) is 3.80. The van der Waals surface area contributed by atoms with Gasteiger partial charge in [0.15, 0.2) is 11.5 Å². The minimum absolute atomic E-state index is 0.00316. The first kappa shape index (κ1) is 27.7. The van der Waals surface area contributed by atoms with E-state index < -0.39 is 4.92 Å². The Morgan fingerprint density at radius 1 is 1.21 bits per heavy atom. The summed E-state index contributed by atoms with van der Waals surface area (Å²) < 4.78 is 14.4. The van der Waals surface area contributed by atoms with Crippen LogP contribution in [0, 0.1) is 13.7 Å². The SMILES string of the molecule is CCCCc1nc2ccc(Br)cc2c(=O)n1N=Cc1cc(I)c(OCc2cccc([N+](=O)[O-])c2)c(OC)c1. The third kappa shape index (κ3) is 6.38. The van der Waals surface area contributed by atoms with Crippen molar-refractivity contribution in [1.29, 1.82) is 0 Å². The van der Waals surface area contributed by atoms with Gasteiger partial charge in [0.05, 0.1) is 32.7 Å². The summed E-state index contributed by atoms with van der Waals surface area (Å²) in [5, 5.41) is 16.1. The normalized spacial score (nSPS) is 11.3. The van der Waals surface area contributed by atoms with Gasteiger partial charge in [0.1, 0.15) is 12.4 Å². The highest BCUT2D eigenvalue weighted by Crippen LogP contribution is 2.34. The van der Waals surface area contributed by atoms with Crippen LogP contribution in [0.4, 0.5) is 5.69 Å². The number of halogens is 2. The maximum Gasteiger partial charge on any atom is 0.282 e. The van der Waals surface area contributed by atoms with Crippen LogP contribution in [0.3, 0.4) is 0 Å². The van der Waals surface area contributed by atoms with E-state index in [4.69, 9.17) is 14.5 Å². The molecular weight excluding hydrogens is 667 g/mol. The van der Waals surface area contributed by atoms with E-state index in [1.807, 2.05) is 18.2 Å². The number of aromatic nitrogens is 2. The molecule has 0 fully saturated rings. The number of hydrogen-bond acceptors (Lipinski definition) is 7. The Morgan fingerprint density at radius 3 is 2.76 bits per heavy atom. The van der Waals surface area contributed by atoms with Gasteiger partial charge in [-0.15, -0.1) is 0 Å². The molecule has 0 saturated carbocycles. The summed E-state index contributed by atoms with van der Waals surface area (Å²) in [5.41, 5.74) is 1.77. The van der Waals surface area contributed by atoms with Crippen molar-refractivity contribution in [3.05, 3.63) is 100 Å². The molecule has 0 bridgehead atoms. The maximum atomic E-state index is 13.3. The highest BCUT2D eigenvalue weighted by molar-refractivity contribution is 14.1. The smallest absolute Gasteiger partial charge is 0.282 e. The van der Waals surface area contributed by atoms with Crippen molar-refractivity contribution < 1.29 is 14.4 Å². The standard InChI is InChI=1S/C27H24BrIN4O5/c1-3-4-8-25-31-23-10-9-19(28)14-21(23)27(34)32(25)30-15-18-12-22(29)26(24(13-18)37-2)38-16-17-6-5-7-20(11-17)33(35)36/h5-7,9-15H,3-4,8,16H2,1-2H3. The zero-order valence-electron chi connectivity index (χ0n) is 20.7. The van der Waals surface area contributed by atoms with Gasteiger partial charge in [-0.1, -0.05) is 41.4 Å². The van der Waals surface area contributed by atoms with Crippen LogP contribution in [0.15, 0.2) is 69.0 Å². The van der Waals surface area contributed by atoms with Crippen LogP contribution < -0.4 is 15.0 Å². The highest BCUT2D eigenvalue weighted by atomic mass is 127. The molecule has 1 aromatic heterocycles. The molecule has 4 aromatic rings. The lowest BCUT2D eigenvalue weighted by atomic mass is 10.2. The predicted octanol–water partition coefficient (Wildman–Crippen LogP) is 6.48. The quantitative estimate of drug-likeness (QED) is 0.0816. The second kappa shape index (κ2) is 12.5. The van der Waals surface area contributed by atoms with Gasteiger partial charge < -0.3 is 9.47 Å². The van der Waals surface area contributed by atoms with E-state index in [-0.39, 0.29) is 17.9 Å². The molecule has 0 unspecified atom stereocenters. The van der Waals surface area contributed by atoms with Crippen molar-refractivity contribution in [2.75, 3.05) is 7.11 Å². The first-order valence-corrected chi connectivity index (χ1v) is 13.7. The molecule has 196 valence electrons. The van der Waals surface area contributed by atoms with Crippen molar-refractivity contribution in [3.63, 3.8) is 0 Å². The third-order valence-corrected chi connectivity index (χ3v) is 7.00. The van der Waals surface area contributed by atoms with Crippen LogP contribution in [-0.2, 0) is 13.0 Å². The van der Waals surface area contributed by atoms with Gasteiger partial charge in [0.2, 0.25) is 0 Å². The summed E-state index contributed by atoms with van der Waals surface area (Å²) in [6, 6.07) is 15.3. The Hall–Kier alpha value is -3.32. The third-order valence-electron chi connectivity index (χ3n) is 5.71. The zero-order valence-corrected chi connectivity index (χ0v) is 24.4. The molecular formula is C27H24BrIN4O5. The Kier molecular flexibility index (Phi) is 9.10. The van der Waals surface area contributed by atoms with Gasteiger partial charge in [-0.25, -0.2) is 4.98 Å². The van der Waals surface area contributed by atoms with Gasteiger partial charge in [0.25, 0.3) is 11.2 Å². The lowest BCUT2D eigenvalue weighted by Gasteiger charge is -2.14. The lowest BCUT2D eigenvalue weighted by Crippen LogP contribution is -2.22. The molecule has 0 aliphatic heterocycles. The van der Waals surface area contributed by atoms with Crippen LogP contribution in [0.1, 0.15) is 36.7 Å². The van der Waals surface area contributed by atoms with E-state index in [1.54, 1.807) is 30.5 Å². The minimum atomic E-state index is -0.440. The first-order chi connectivity index (χ1) is 18.3. The fourth-order valence-corrected chi connectivity index (χ4v) is 4.95. The molecule has 0 saturated heterocycles. The number of nitro benzene ring substituents is 1. The number of methoxy groups -OCH3 is 1. The van der Waals surface area contributed by atoms with E-state index in [1.165, 1.54) is 23.9 Å². The molecule has 1 heterocycles. The van der Waals surface area contributed by atoms with Crippen LogP contribution >= 0.6 is 38.5 Å². The van der Waals surface area contributed by atoms with E-state index in [0.717, 1.165) is 20.9 Å². The number of fused-ring (bicyclic) bond motifs is 1. The summed E-state index contributed by atoms with van der Waals surface area (Å²) in [7, 11) is 1.53. The topological polar surface area (TPSA) is 109 Å². The van der Waals surface area contributed by atoms with E-state index in [9.17, 15) is 14.9 Å². The number of aryl methyl sites for hydroxylation is 1. The maximum absolute atomic E-state index is 13.3. The van der Waals surface area contributed by atoms with E-state index in [0.29, 0.717) is 45.8 Å². The number of ether oxygens (including phenoxy) is 2. The second-order valence-corrected chi connectivity index (χ2v) is 10.5. The molecule has 0 aliphatic carbocycles. The molecule has 38 heavy (non-hydrogen) atoms. The molecule has 0 spiro atoms. The van der Waals surface area contributed by atoms with Crippen molar-refractivity contribution >= 4 is 61.3 Å². The lowest BCUT2D eigenvalue weighted by molar-refractivity contribution is -0.384. The summed E-state index contributed by atoms with van der Waals surface area (Å²) in [6.45, 7) is 2.22. The summed E-state index contributed by atoms with van der Waals surface area (Å²) >= 11 is 5.56. The molecule has 0 radical (unpaired) electrons. The molecule has 0 N–H and O–H groups in total. The Balaban J connectivity index is 1.65. The number of nitrogens with zero attached hydrogens (tertiary/aromatic N) is 4. The summed E-state index contributed by atoms with van der Waals surface area (Å²) in [4.78, 5) is 28.6. The number of rotatable bonds is 10. The first-order valence-electron chi connectivity index (χ1n) is 11.8. The van der Waals surface area contributed by atoms with E-state index >= 15 is 0 Å². The molecule has 9 nitrogen and oxygen atoms in total. The monoisotopic (exact) mass is 690 g/mol. The molecule has 4 rings (SSSR count). The van der Waals surface area contributed by atoms with Crippen molar-refractivity contribution in [2.24, 2.45) is 5.10 Å². The average molecular weight is 691 g/mol. The zero-order chi connectivity index (χ0) is 27.2. The van der Waals surface area contributed by atoms with Gasteiger partial charge in [-0.3, -0.25) is 14.9 Å². The summed E-state index contributed by atoms with van der Waals surface area (Å²) in [6.07, 6.45) is 4.06. The van der Waals surface area contributed by atoms with Gasteiger partial charge in [-0.05, 0) is 70.5 Å². The van der Waals surface area contributed by atoms with Gasteiger partial charge >= 0.3 is 0 Å². The van der Waals surface area contributed by atoms with Crippen molar-refractivity contribution in [2.45, 2.75) is 32.8 Å². The number of non-ortho nitro benzene ring substituents is 1. The van der Waals surface area contributed by atoms with Crippen LogP contribution in [0.2, 0.25) is 0 Å². The fraction of sp³-hybridized carbons (Fsp3) is 0.222. The predicted molar refractivity (Wildman–Crippen MR) is 158 cm³/mol. The van der Waals surface area contributed by atoms with Crippen molar-refractivity contribution in [1.82, 2.24) is 9.66 Å². The number of hydrogen-bond donors (Lipinski definition) is 0. The molecule has 0 aliphatic rings. The van der Waals surface area contributed by atoms with Gasteiger partial charge in [0, 0.05) is 23.0 Å². The Labute approximate surface area is 240 Å². The number of benzene rings is 3. The average Bonchev–Trinajstić information content (AvgIpc) is 2.91. The molecule has 0 atom stereocenters.